The maximum Gasteiger partial charge on any atom is 0.257 e. The highest BCUT2D eigenvalue weighted by atomic mass is 16.2. The van der Waals surface area contributed by atoms with E-state index in [2.05, 4.69) is 28.5 Å². The van der Waals surface area contributed by atoms with Crippen LogP contribution in [0.2, 0.25) is 0 Å². The molecule has 22 heavy (non-hydrogen) atoms. The zero-order chi connectivity index (χ0) is 14.9. The number of carbonyl (C=O) groups is 1. The molecule has 0 bridgehead atoms. The number of fused-ring (bicyclic) bond motifs is 1. The Hall–Kier alpha value is -2.36. The lowest BCUT2D eigenvalue weighted by molar-refractivity contribution is 0.0735. The minimum atomic E-state index is 0.0748. The molecule has 2 heterocycles. The number of hydrogen-bond acceptors (Lipinski definition) is 3. The Morgan fingerprint density at radius 2 is 1.95 bits per heavy atom. The summed E-state index contributed by atoms with van der Waals surface area (Å²) in [4.78, 5) is 19.2. The van der Waals surface area contributed by atoms with Crippen LogP contribution < -0.4 is 5.32 Å². The van der Waals surface area contributed by atoms with E-state index in [1.165, 1.54) is 24.0 Å². The normalized spacial score (nSPS) is 17.0. The van der Waals surface area contributed by atoms with Crippen molar-refractivity contribution in [2.24, 2.45) is 0 Å². The molecule has 0 atom stereocenters. The number of aromatic nitrogens is 1. The maximum absolute atomic E-state index is 12.9. The van der Waals surface area contributed by atoms with Crippen molar-refractivity contribution in [3.8, 4) is 0 Å². The van der Waals surface area contributed by atoms with Gasteiger partial charge >= 0.3 is 0 Å². The van der Waals surface area contributed by atoms with E-state index in [9.17, 15) is 4.79 Å². The summed E-state index contributed by atoms with van der Waals surface area (Å²) < 4.78 is 0. The summed E-state index contributed by atoms with van der Waals surface area (Å²) in [7, 11) is 0. The first kappa shape index (κ1) is 13.3. The van der Waals surface area contributed by atoms with E-state index < -0.39 is 0 Å². The summed E-state index contributed by atoms with van der Waals surface area (Å²) in [6, 6.07) is 12.6. The second-order valence-electron chi connectivity index (χ2n) is 6.06. The number of pyridine rings is 1. The summed E-state index contributed by atoms with van der Waals surface area (Å²) in [5, 5.41) is 3.36. The topological polar surface area (TPSA) is 45.2 Å². The van der Waals surface area contributed by atoms with Crippen molar-refractivity contribution in [2.45, 2.75) is 31.8 Å². The van der Waals surface area contributed by atoms with E-state index in [0.717, 1.165) is 18.8 Å². The standard InChI is InChI=1S/C18H19N3O/c22-18(16-6-3-10-19-17(16)20-15-7-8-15)21-11-9-13-4-1-2-5-14(13)12-21/h1-6,10,15H,7-9,11-12H2,(H,19,20). The van der Waals surface area contributed by atoms with Crippen LogP contribution in [0.1, 0.15) is 34.3 Å². The van der Waals surface area contributed by atoms with E-state index in [-0.39, 0.29) is 5.91 Å². The third kappa shape index (κ3) is 2.56. The molecule has 4 rings (SSSR count). The second kappa shape index (κ2) is 5.44. The van der Waals surface area contributed by atoms with Gasteiger partial charge in [0.15, 0.2) is 0 Å². The van der Waals surface area contributed by atoms with Crippen molar-refractivity contribution >= 4 is 11.7 Å². The Labute approximate surface area is 130 Å². The molecule has 2 aromatic rings. The predicted octanol–water partition coefficient (Wildman–Crippen LogP) is 2.85. The zero-order valence-corrected chi connectivity index (χ0v) is 12.5. The van der Waals surface area contributed by atoms with E-state index in [1.807, 2.05) is 23.1 Å². The van der Waals surface area contributed by atoms with Gasteiger partial charge in [0.05, 0.1) is 5.56 Å². The van der Waals surface area contributed by atoms with Gasteiger partial charge in [-0.3, -0.25) is 4.79 Å². The molecule has 1 amide bonds. The predicted molar refractivity (Wildman–Crippen MR) is 85.8 cm³/mol. The average Bonchev–Trinajstić information content (AvgIpc) is 3.38. The molecule has 1 aliphatic heterocycles. The summed E-state index contributed by atoms with van der Waals surface area (Å²) in [6.45, 7) is 1.46. The minimum absolute atomic E-state index is 0.0748. The molecule has 0 saturated heterocycles. The zero-order valence-electron chi connectivity index (χ0n) is 12.5. The molecule has 0 radical (unpaired) electrons. The summed E-state index contributed by atoms with van der Waals surface area (Å²) >= 11 is 0. The molecule has 1 saturated carbocycles. The third-order valence-corrected chi connectivity index (χ3v) is 4.37. The van der Waals surface area contributed by atoms with Crippen molar-refractivity contribution in [1.82, 2.24) is 9.88 Å². The fourth-order valence-electron chi connectivity index (χ4n) is 2.95. The first-order chi connectivity index (χ1) is 10.8. The van der Waals surface area contributed by atoms with Crippen LogP contribution in [0.15, 0.2) is 42.6 Å². The van der Waals surface area contributed by atoms with E-state index in [0.29, 0.717) is 18.2 Å². The summed E-state index contributed by atoms with van der Waals surface area (Å²) in [5.74, 6) is 0.805. The first-order valence-corrected chi connectivity index (χ1v) is 7.89. The Kier molecular flexibility index (Phi) is 3.29. The molecular weight excluding hydrogens is 274 g/mol. The molecule has 4 heteroatoms. The summed E-state index contributed by atoms with van der Waals surface area (Å²) in [6.07, 6.45) is 5.00. The molecule has 0 spiro atoms. The number of amides is 1. The maximum atomic E-state index is 12.9. The SMILES string of the molecule is O=C(c1cccnc1NC1CC1)N1CCc2ccccc2C1. The van der Waals surface area contributed by atoms with Crippen LogP contribution in [0.5, 0.6) is 0 Å². The highest BCUT2D eigenvalue weighted by Gasteiger charge is 2.27. The number of carbonyl (C=O) groups excluding carboxylic acids is 1. The molecule has 2 aliphatic rings. The molecular formula is C18H19N3O. The van der Waals surface area contributed by atoms with Crippen molar-refractivity contribution < 1.29 is 4.79 Å². The van der Waals surface area contributed by atoms with Crippen LogP contribution in [0.25, 0.3) is 0 Å². The Balaban J connectivity index is 1.57. The van der Waals surface area contributed by atoms with Crippen LogP contribution in [-0.2, 0) is 13.0 Å². The Morgan fingerprint density at radius 1 is 1.14 bits per heavy atom. The summed E-state index contributed by atoms with van der Waals surface area (Å²) in [5.41, 5.74) is 3.30. The van der Waals surface area contributed by atoms with Crippen molar-refractivity contribution in [1.29, 1.82) is 0 Å². The molecule has 1 aromatic carbocycles. The van der Waals surface area contributed by atoms with Gasteiger partial charge in [-0.1, -0.05) is 24.3 Å². The van der Waals surface area contributed by atoms with Gasteiger partial charge < -0.3 is 10.2 Å². The quantitative estimate of drug-likeness (QED) is 0.946. The van der Waals surface area contributed by atoms with Gasteiger partial charge in [-0.15, -0.1) is 0 Å². The van der Waals surface area contributed by atoms with Crippen LogP contribution >= 0.6 is 0 Å². The molecule has 112 valence electrons. The highest BCUT2D eigenvalue weighted by Crippen LogP contribution is 2.27. The molecule has 1 fully saturated rings. The number of anilines is 1. The van der Waals surface area contributed by atoms with E-state index in [4.69, 9.17) is 0 Å². The molecule has 1 aliphatic carbocycles. The smallest absolute Gasteiger partial charge is 0.257 e. The highest BCUT2D eigenvalue weighted by molar-refractivity contribution is 5.98. The van der Waals surface area contributed by atoms with Gasteiger partial charge in [-0.25, -0.2) is 4.98 Å². The van der Waals surface area contributed by atoms with Gasteiger partial charge in [0.25, 0.3) is 5.91 Å². The fraction of sp³-hybridized carbons (Fsp3) is 0.333. The fourth-order valence-corrected chi connectivity index (χ4v) is 2.95. The molecule has 4 nitrogen and oxygen atoms in total. The second-order valence-corrected chi connectivity index (χ2v) is 6.06. The number of rotatable bonds is 3. The van der Waals surface area contributed by atoms with Gasteiger partial charge in [0.1, 0.15) is 5.82 Å². The lowest BCUT2D eigenvalue weighted by atomic mass is 9.99. The number of nitrogens with zero attached hydrogens (tertiary/aromatic N) is 2. The number of benzene rings is 1. The van der Waals surface area contributed by atoms with Gasteiger partial charge in [0, 0.05) is 25.3 Å². The molecule has 1 N–H and O–H groups in total. The molecule has 0 unspecified atom stereocenters. The third-order valence-electron chi connectivity index (χ3n) is 4.37. The van der Waals surface area contributed by atoms with Crippen LogP contribution in [0, 0.1) is 0 Å². The van der Waals surface area contributed by atoms with Crippen LogP contribution in [0.3, 0.4) is 0 Å². The molecule has 1 aromatic heterocycles. The monoisotopic (exact) mass is 293 g/mol. The largest absolute Gasteiger partial charge is 0.367 e. The lowest BCUT2D eigenvalue weighted by Crippen LogP contribution is -2.36. The Bertz CT molecular complexity index is 709. The van der Waals surface area contributed by atoms with E-state index in [1.54, 1.807) is 6.20 Å². The van der Waals surface area contributed by atoms with Crippen molar-refractivity contribution in [3.05, 3.63) is 59.3 Å². The van der Waals surface area contributed by atoms with Crippen molar-refractivity contribution in [2.75, 3.05) is 11.9 Å². The van der Waals surface area contributed by atoms with Crippen molar-refractivity contribution in [3.63, 3.8) is 0 Å². The van der Waals surface area contributed by atoms with Gasteiger partial charge in [-0.05, 0) is 42.5 Å². The van der Waals surface area contributed by atoms with Crippen LogP contribution in [-0.4, -0.2) is 28.4 Å². The van der Waals surface area contributed by atoms with E-state index >= 15 is 0 Å². The number of nitrogens with one attached hydrogen (secondary N) is 1. The van der Waals surface area contributed by atoms with Crippen LogP contribution in [0.4, 0.5) is 5.82 Å². The van der Waals surface area contributed by atoms with Gasteiger partial charge in [0.2, 0.25) is 0 Å². The first-order valence-electron chi connectivity index (χ1n) is 7.89. The average molecular weight is 293 g/mol. The Morgan fingerprint density at radius 3 is 2.77 bits per heavy atom. The lowest BCUT2D eigenvalue weighted by Gasteiger charge is -2.29. The minimum Gasteiger partial charge on any atom is -0.367 e. The number of hydrogen-bond donors (Lipinski definition) is 1. The van der Waals surface area contributed by atoms with Gasteiger partial charge in [-0.2, -0.15) is 0 Å².